The number of amides is 2. The Labute approximate surface area is 199 Å². The van der Waals surface area contributed by atoms with E-state index in [0.717, 1.165) is 17.7 Å². The second-order valence-corrected chi connectivity index (χ2v) is 9.49. The summed E-state index contributed by atoms with van der Waals surface area (Å²) in [4.78, 5) is 27.5. The number of hydrogen-bond acceptors (Lipinski definition) is 3. The number of thioether (sulfide) groups is 1. The summed E-state index contributed by atoms with van der Waals surface area (Å²) >= 11 is 14.2. The van der Waals surface area contributed by atoms with Crippen molar-refractivity contribution in [2.75, 3.05) is 5.75 Å². The van der Waals surface area contributed by atoms with Gasteiger partial charge in [0.15, 0.2) is 0 Å². The van der Waals surface area contributed by atoms with Gasteiger partial charge >= 0.3 is 0 Å². The van der Waals surface area contributed by atoms with Gasteiger partial charge in [-0.1, -0.05) is 66.0 Å². The van der Waals surface area contributed by atoms with Gasteiger partial charge in [0.2, 0.25) is 11.8 Å². The van der Waals surface area contributed by atoms with Gasteiger partial charge in [-0.25, -0.2) is 0 Å². The van der Waals surface area contributed by atoms with Crippen LogP contribution in [0.2, 0.25) is 10.0 Å². The Hall–Kier alpha value is -1.69. The Morgan fingerprint density at radius 3 is 2.26 bits per heavy atom. The molecule has 31 heavy (non-hydrogen) atoms. The van der Waals surface area contributed by atoms with Crippen molar-refractivity contribution < 1.29 is 9.59 Å². The standard InChI is InChI=1S/C24H30Cl2N2O2S/c1-5-17(3)27-24(30)18(4)28(13-20-21(25)7-6-8-22(20)26)23(29)15-31-14-19-11-9-16(2)10-12-19/h6-12,17-18H,5,13-15H2,1-4H3,(H,27,30)/t17-,18+/m0/s1. The summed E-state index contributed by atoms with van der Waals surface area (Å²) in [5, 5.41) is 3.92. The first-order chi connectivity index (χ1) is 14.7. The minimum absolute atomic E-state index is 0.0340. The normalized spacial score (nSPS) is 12.8. The fraction of sp³-hybridized carbons (Fsp3) is 0.417. The molecular weight excluding hydrogens is 451 g/mol. The summed E-state index contributed by atoms with van der Waals surface area (Å²) in [6.07, 6.45) is 0.815. The van der Waals surface area contributed by atoms with E-state index in [4.69, 9.17) is 23.2 Å². The van der Waals surface area contributed by atoms with Crippen LogP contribution in [-0.4, -0.2) is 34.6 Å². The lowest BCUT2D eigenvalue weighted by molar-refractivity contribution is -0.138. The number of hydrogen-bond donors (Lipinski definition) is 1. The molecule has 0 bridgehead atoms. The van der Waals surface area contributed by atoms with Crippen molar-refractivity contribution in [1.82, 2.24) is 10.2 Å². The van der Waals surface area contributed by atoms with Gasteiger partial charge in [-0.3, -0.25) is 9.59 Å². The molecule has 0 aromatic heterocycles. The summed E-state index contributed by atoms with van der Waals surface area (Å²) in [6.45, 7) is 7.91. The average molecular weight is 481 g/mol. The number of halogens is 2. The molecule has 4 nitrogen and oxygen atoms in total. The summed E-state index contributed by atoms with van der Waals surface area (Å²) in [5.41, 5.74) is 3.01. The fourth-order valence-corrected chi connectivity index (χ4v) is 4.31. The predicted octanol–water partition coefficient (Wildman–Crippen LogP) is 5.87. The Balaban J connectivity index is 2.14. The lowest BCUT2D eigenvalue weighted by Gasteiger charge is -2.30. The van der Waals surface area contributed by atoms with Crippen LogP contribution < -0.4 is 5.32 Å². The molecule has 2 aromatic carbocycles. The zero-order valence-corrected chi connectivity index (χ0v) is 20.8. The Kier molecular flexibility index (Phi) is 10.2. The number of rotatable bonds is 10. The van der Waals surface area contributed by atoms with E-state index in [9.17, 15) is 9.59 Å². The molecule has 1 N–H and O–H groups in total. The first-order valence-electron chi connectivity index (χ1n) is 10.4. The zero-order chi connectivity index (χ0) is 23.0. The van der Waals surface area contributed by atoms with Gasteiger partial charge < -0.3 is 10.2 Å². The molecule has 2 rings (SSSR count). The highest BCUT2D eigenvalue weighted by Gasteiger charge is 2.27. The lowest BCUT2D eigenvalue weighted by Crippen LogP contribution is -2.50. The van der Waals surface area contributed by atoms with E-state index in [2.05, 4.69) is 29.6 Å². The maximum atomic E-state index is 13.2. The van der Waals surface area contributed by atoms with Crippen LogP contribution in [0.15, 0.2) is 42.5 Å². The molecule has 7 heteroatoms. The SMILES string of the molecule is CC[C@H](C)NC(=O)[C@@H](C)N(Cc1c(Cl)cccc1Cl)C(=O)CSCc1ccc(C)cc1. The highest BCUT2D eigenvalue weighted by molar-refractivity contribution is 7.99. The van der Waals surface area contributed by atoms with Crippen LogP contribution in [0.4, 0.5) is 0 Å². The molecule has 0 aliphatic heterocycles. The van der Waals surface area contributed by atoms with Crippen molar-refractivity contribution in [2.45, 2.75) is 58.5 Å². The van der Waals surface area contributed by atoms with E-state index in [1.165, 1.54) is 17.3 Å². The van der Waals surface area contributed by atoms with Gasteiger partial charge in [0, 0.05) is 33.9 Å². The molecule has 0 saturated carbocycles. The topological polar surface area (TPSA) is 49.4 Å². The van der Waals surface area contributed by atoms with Crippen LogP contribution in [0.5, 0.6) is 0 Å². The number of nitrogens with one attached hydrogen (secondary N) is 1. The summed E-state index contributed by atoms with van der Waals surface area (Å²) in [6, 6.07) is 12.9. The third-order valence-electron chi connectivity index (χ3n) is 5.17. The molecule has 2 amide bonds. The van der Waals surface area contributed by atoms with E-state index >= 15 is 0 Å². The zero-order valence-electron chi connectivity index (χ0n) is 18.5. The van der Waals surface area contributed by atoms with E-state index in [-0.39, 0.29) is 30.2 Å². The monoisotopic (exact) mass is 480 g/mol. The summed E-state index contributed by atoms with van der Waals surface area (Å²) in [5.74, 6) is 0.672. The second kappa shape index (κ2) is 12.4. The second-order valence-electron chi connectivity index (χ2n) is 7.69. The third-order valence-corrected chi connectivity index (χ3v) is 6.87. The van der Waals surface area contributed by atoms with Crippen molar-refractivity contribution in [3.8, 4) is 0 Å². The van der Waals surface area contributed by atoms with Crippen molar-refractivity contribution in [3.63, 3.8) is 0 Å². The lowest BCUT2D eigenvalue weighted by atomic mass is 10.1. The summed E-state index contributed by atoms with van der Waals surface area (Å²) < 4.78 is 0. The van der Waals surface area contributed by atoms with Crippen LogP contribution in [0.1, 0.15) is 43.9 Å². The van der Waals surface area contributed by atoms with Gasteiger partial charge in [-0.05, 0) is 44.9 Å². The minimum Gasteiger partial charge on any atom is -0.352 e. The number of benzene rings is 2. The van der Waals surface area contributed by atoms with Crippen molar-refractivity contribution in [3.05, 3.63) is 69.2 Å². The first kappa shape index (κ1) is 25.6. The Bertz CT molecular complexity index is 869. The van der Waals surface area contributed by atoms with Gasteiger partial charge in [0.05, 0.1) is 5.75 Å². The molecule has 0 aliphatic carbocycles. The molecule has 2 aromatic rings. The fourth-order valence-electron chi connectivity index (χ4n) is 2.93. The van der Waals surface area contributed by atoms with Crippen LogP contribution in [-0.2, 0) is 21.9 Å². The molecular formula is C24H30Cl2N2O2S. The van der Waals surface area contributed by atoms with E-state index in [0.29, 0.717) is 15.6 Å². The van der Waals surface area contributed by atoms with Gasteiger partial charge in [0.1, 0.15) is 6.04 Å². The van der Waals surface area contributed by atoms with Crippen molar-refractivity contribution in [2.24, 2.45) is 0 Å². The molecule has 0 unspecified atom stereocenters. The van der Waals surface area contributed by atoms with Gasteiger partial charge in [-0.2, -0.15) is 0 Å². The van der Waals surface area contributed by atoms with E-state index in [1.54, 1.807) is 30.0 Å². The maximum absolute atomic E-state index is 13.2. The first-order valence-corrected chi connectivity index (χ1v) is 12.3. The largest absolute Gasteiger partial charge is 0.352 e. The summed E-state index contributed by atoms with van der Waals surface area (Å²) in [7, 11) is 0. The number of carbonyl (C=O) groups excluding carboxylic acids is 2. The predicted molar refractivity (Wildman–Crippen MR) is 132 cm³/mol. The third kappa shape index (κ3) is 7.74. The average Bonchev–Trinajstić information content (AvgIpc) is 2.74. The van der Waals surface area contributed by atoms with Gasteiger partial charge in [0.25, 0.3) is 0 Å². The molecule has 0 saturated heterocycles. The molecule has 0 aliphatic rings. The Morgan fingerprint density at radius 2 is 1.68 bits per heavy atom. The van der Waals surface area contributed by atoms with Gasteiger partial charge in [-0.15, -0.1) is 11.8 Å². The minimum atomic E-state index is -0.645. The van der Waals surface area contributed by atoms with Crippen LogP contribution in [0, 0.1) is 6.92 Å². The van der Waals surface area contributed by atoms with Crippen LogP contribution in [0.25, 0.3) is 0 Å². The molecule has 0 heterocycles. The number of nitrogens with zero attached hydrogens (tertiary/aromatic N) is 1. The highest BCUT2D eigenvalue weighted by atomic mass is 35.5. The van der Waals surface area contributed by atoms with E-state index < -0.39 is 6.04 Å². The van der Waals surface area contributed by atoms with Crippen LogP contribution in [0.3, 0.4) is 0 Å². The van der Waals surface area contributed by atoms with E-state index in [1.807, 2.05) is 20.8 Å². The highest BCUT2D eigenvalue weighted by Crippen LogP contribution is 2.27. The van der Waals surface area contributed by atoms with Crippen LogP contribution >= 0.6 is 35.0 Å². The van der Waals surface area contributed by atoms with Crippen molar-refractivity contribution >= 4 is 46.8 Å². The number of carbonyl (C=O) groups is 2. The molecule has 0 fully saturated rings. The molecule has 0 spiro atoms. The molecule has 2 atom stereocenters. The Morgan fingerprint density at radius 1 is 1.06 bits per heavy atom. The molecule has 0 radical (unpaired) electrons. The number of aryl methyl sites for hydroxylation is 1. The molecule has 168 valence electrons. The maximum Gasteiger partial charge on any atom is 0.242 e. The van der Waals surface area contributed by atoms with Crippen molar-refractivity contribution in [1.29, 1.82) is 0 Å². The smallest absolute Gasteiger partial charge is 0.242 e. The quantitative estimate of drug-likeness (QED) is 0.462.